The molecule has 1 aromatic carbocycles. The molecule has 0 atom stereocenters. The molecule has 1 rings (SSSR count). The minimum absolute atomic E-state index is 0.144. The Kier molecular flexibility index (Phi) is 3.69. The van der Waals surface area contributed by atoms with E-state index in [-0.39, 0.29) is 6.54 Å². The lowest BCUT2D eigenvalue weighted by molar-refractivity contribution is -0.125. The Labute approximate surface area is 85.3 Å². The molecule has 0 bridgehead atoms. The monoisotopic (exact) mass is 214 g/mol. The summed E-state index contributed by atoms with van der Waals surface area (Å²) in [5.41, 5.74) is 1.22. The number of nitriles is 1. The number of benzene rings is 1. The van der Waals surface area contributed by atoms with Crippen LogP contribution in [0.5, 0.6) is 0 Å². The molecule has 2 nitrogen and oxygen atoms in total. The quantitative estimate of drug-likeness (QED) is 0.837. The predicted molar refractivity (Wildman–Crippen MR) is 48.9 cm³/mol. The topological polar surface area (TPSA) is 35.8 Å². The maximum absolute atomic E-state index is 11.8. The van der Waals surface area contributed by atoms with Crippen molar-refractivity contribution < 1.29 is 13.2 Å². The zero-order chi connectivity index (χ0) is 11.3. The van der Waals surface area contributed by atoms with E-state index in [0.29, 0.717) is 5.56 Å². The number of alkyl halides is 3. The number of hydrogen-bond acceptors (Lipinski definition) is 2. The molecule has 80 valence electrons. The molecule has 0 aliphatic carbocycles. The molecular formula is C10H9F3N2. The van der Waals surface area contributed by atoms with Crippen LogP contribution < -0.4 is 5.32 Å². The van der Waals surface area contributed by atoms with Gasteiger partial charge in [0, 0.05) is 6.54 Å². The van der Waals surface area contributed by atoms with Gasteiger partial charge in [0.15, 0.2) is 0 Å². The van der Waals surface area contributed by atoms with E-state index in [2.05, 4.69) is 5.32 Å². The van der Waals surface area contributed by atoms with Crippen molar-refractivity contribution in [3.8, 4) is 6.07 Å². The van der Waals surface area contributed by atoms with Gasteiger partial charge >= 0.3 is 6.18 Å². The lowest BCUT2D eigenvalue weighted by atomic mass is 10.1. The first kappa shape index (κ1) is 11.5. The molecule has 0 aliphatic heterocycles. The number of hydrogen-bond donors (Lipinski definition) is 1. The van der Waals surface area contributed by atoms with Crippen LogP contribution in [-0.2, 0) is 6.54 Å². The first-order chi connectivity index (χ1) is 7.01. The van der Waals surface area contributed by atoms with Gasteiger partial charge < -0.3 is 5.32 Å². The summed E-state index contributed by atoms with van der Waals surface area (Å²) in [4.78, 5) is 0. The Morgan fingerprint density at radius 1 is 1.20 bits per heavy atom. The molecule has 1 N–H and O–H groups in total. The summed E-state index contributed by atoms with van der Waals surface area (Å²) >= 11 is 0. The molecule has 15 heavy (non-hydrogen) atoms. The molecule has 0 saturated carbocycles. The van der Waals surface area contributed by atoms with Gasteiger partial charge in [-0.1, -0.05) is 12.1 Å². The maximum Gasteiger partial charge on any atom is 0.401 e. The van der Waals surface area contributed by atoms with Crippen molar-refractivity contribution in [2.75, 3.05) is 6.54 Å². The smallest absolute Gasteiger partial charge is 0.305 e. The van der Waals surface area contributed by atoms with E-state index < -0.39 is 12.7 Å². The van der Waals surface area contributed by atoms with Crippen molar-refractivity contribution in [3.63, 3.8) is 0 Å². The molecule has 0 unspecified atom stereocenters. The summed E-state index contributed by atoms with van der Waals surface area (Å²) in [5, 5.41) is 10.8. The fourth-order valence-corrected chi connectivity index (χ4v) is 1.05. The summed E-state index contributed by atoms with van der Waals surface area (Å²) in [6, 6.07) is 8.34. The van der Waals surface area contributed by atoms with Crippen LogP contribution in [0.2, 0.25) is 0 Å². The number of rotatable bonds is 3. The minimum Gasteiger partial charge on any atom is -0.305 e. The van der Waals surface area contributed by atoms with Crippen molar-refractivity contribution in [1.29, 1.82) is 5.26 Å². The highest BCUT2D eigenvalue weighted by Gasteiger charge is 2.25. The second kappa shape index (κ2) is 4.80. The third kappa shape index (κ3) is 4.47. The van der Waals surface area contributed by atoms with Crippen LogP contribution >= 0.6 is 0 Å². The summed E-state index contributed by atoms with van der Waals surface area (Å²) in [6.45, 7) is -0.863. The van der Waals surface area contributed by atoms with Gasteiger partial charge in [-0.2, -0.15) is 18.4 Å². The second-order valence-corrected chi connectivity index (χ2v) is 3.03. The van der Waals surface area contributed by atoms with Crippen LogP contribution in [0.25, 0.3) is 0 Å². The number of nitrogens with zero attached hydrogens (tertiary/aromatic N) is 1. The standard InChI is InChI=1S/C10H9F3N2/c11-10(12,13)7-15-6-9-3-1-8(5-14)2-4-9/h1-4,15H,6-7H2. The van der Waals surface area contributed by atoms with Crippen molar-refractivity contribution in [3.05, 3.63) is 35.4 Å². The van der Waals surface area contributed by atoms with Gasteiger partial charge in [-0.25, -0.2) is 0 Å². The van der Waals surface area contributed by atoms with Gasteiger partial charge in [-0.3, -0.25) is 0 Å². The van der Waals surface area contributed by atoms with E-state index in [0.717, 1.165) is 5.56 Å². The summed E-state index contributed by atoms with van der Waals surface area (Å²) in [5.74, 6) is 0. The van der Waals surface area contributed by atoms with Crippen LogP contribution in [0.15, 0.2) is 24.3 Å². The summed E-state index contributed by atoms with van der Waals surface area (Å²) < 4.78 is 35.3. The SMILES string of the molecule is N#Cc1ccc(CNCC(F)(F)F)cc1. The number of halogens is 3. The van der Waals surface area contributed by atoms with Gasteiger partial charge in [0.25, 0.3) is 0 Å². The maximum atomic E-state index is 11.8. The van der Waals surface area contributed by atoms with Crippen LogP contribution in [0, 0.1) is 11.3 Å². The molecule has 0 aromatic heterocycles. The van der Waals surface area contributed by atoms with Crippen LogP contribution in [0.3, 0.4) is 0 Å². The molecule has 1 aromatic rings. The average Bonchev–Trinajstić information content (AvgIpc) is 2.17. The van der Waals surface area contributed by atoms with Crippen molar-refractivity contribution in [1.82, 2.24) is 5.32 Å². The van der Waals surface area contributed by atoms with Crippen molar-refractivity contribution >= 4 is 0 Å². The second-order valence-electron chi connectivity index (χ2n) is 3.03. The third-order valence-electron chi connectivity index (χ3n) is 1.74. The molecule has 0 saturated heterocycles. The van der Waals surface area contributed by atoms with Gasteiger partial charge in [-0.15, -0.1) is 0 Å². The Morgan fingerprint density at radius 2 is 1.80 bits per heavy atom. The van der Waals surface area contributed by atoms with E-state index in [1.807, 2.05) is 6.07 Å². The van der Waals surface area contributed by atoms with Gasteiger partial charge in [0.1, 0.15) is 0 Å². The predicted octanol–water partition coefficient (Wildman–Crippen LogP) is 2.21. The van der Waals surface area contributed by atoms with Crippen molar-refractivity contribution in [2.45, 2.75) is 12.7 Å². The largest absolute Gasteiger partial charge is 0.401 e. The Hall–Kier alpha value is -1.54. The Bertz CT molecular complexity index is 348. The molecule has 0 amide bonds. The Morgan fingerprint density at radius 3 is 2.27 bits per heavy atom. The van der Waals surface area contributed by atoms with E-state index in [1.54, 1.807) is 24.3 Å². The molecule has 0 radical (unpaired) electrons. The lowest BCUT2D eigenvalue weighted by Crippen LogP contribution is -2.28. The fraction of sp³-hybridized carbons (Fsp3) is 0.300. The van der Waals surface area contributed by atoms with Gasteiger partial charge in [0.2, 0.25) is 0 Å². The highest BCUT2D eigenvalue weighted by Crippen LogP contribution is 2.12. The highest BCUT2D eigenvalue weighted by atomic mass is 19.4. The molecule has 5 heteroatoms. The first-order valence-electron chi connectivity index (χ1n) is 4.28. The van der Waals surface area contributed by atoms with Crippen LogP contribution in [0.4, 0.5) is 13.2 Å². The molecular weight excluding hydrogens is 205 g/mol. The van der Waals surface area contributed by atoms with Crippen molar-refractivity contribution in [2.24, 2.45) is 0 Å². The first-order valence-corrected chi connectivity index (χ1v) is 4.28. The van der Waals surface area contributed by atoms with E-state index in [4.69, 9.17) is 5.26 Å². The van der Waals surface area contributed by atoms with Gasteiger partial charge in [-0.05, 0) is 17.7 Å². The normalized spacial score (nSPS) is 11.1. The fourth-order valence-electron chi connectivity index (χ4n) is 1.05. The van der Waals surface area contributed by atoms with Crippen LogP contribution in [0.1, 0.15) is 11.1 Å². The summed E-state index contributed by atoms with van der Waals surface area (Å²) in [7, 11) is 0. The molecule has 0 aliphatic rings. The van der Waals surface area contributed by atoms with E-state index in [9.17, 15) is 13.2 Å². The lowest BCUT2D eigenvalue weighted by Gasteiger charge is -2.07. The molecule has 0 fully saturated rings. The van der Waals surface area contributed by atoms with E-state index in [1.165, 1.54) is 0 Å². The Balaban J connectivity index is 2.42. The highest BCUT2D eigenvalue weighted by molar-refractivity contribution is 5.31. The average molecular weight is 214 g/mol. The molecule has 0 spiro atoms. The number of nitrogens with one attached hydrogen (secondary N) is 1. The zero-order valence-electron chi connectivity index (χ0n) is 7.80. The third-order valence-corrected chi connectivity index (χ3v) is 1.74. The molecule has 0 heterocycles. The van der Waals surface area contributed by atoms with E-state index >= 15 is 0 Å². The minimum atomic E-state index is -4.19. The zero-order valence-corrected chi connectivity index (χ0v) is 7.80. The van der Waals surface area contributed by atoms with Crippen LogP contribution in [-0.4, -0.2) is 12.7 Å². The van der Waals surface area contributed by atoms with Gasteiger partial charge in [0.05, 0.1) is 18.2 Å². The summed E-state index contributed by atoms with van der Waals surface area (Å²) in [6.07, 6.45) is -4.19.